The van der Waals surface area contributed by atoms with Gasteiger partial charge in [0.05, 0.1) is 18.0 Å². The van der Waals surface area contributed by atoms with Gasteiger partial charge in [-0.25, -0.2) is 9.69 Å². The number of carbonyl (C=O) groups excluding carboxylic acids is 1. The molecule has 0 fully saturated rings. The Labute approximate surface area is 75.9 Å². The minimum Gasteiger partial charge on any atom is -0.449 e. The molecule has 1 aliphatic heterocycles. The third-order valence-electron chi connectivity index (χ3n) is 1.88. The van der Waals surface area contributed by atoms with E-state index in [0.29, 0.717) is 12.3 Å². The molecule has 0 aromatic heterocycles. The summed E-state index contributed by atoms with van der Waals surface area (Å²) in [5.41, 5.74) is 7.94. The van der Waals surface area contributed by atoms with Gasteiger partial charge in [0.2, 0.25) is 0 Å². The number of fused-ring (bicyclic) bond motifs is 1. The fourth-order valence-electron chi connectivity index (χ4n) is 1.26. The summed E-state index contributed by atoms with van der Waals surface area (Å²) in [4.78, 5) is 12.7. The number of hydrogen-bond donors (Lipinski definition) is 1. The monoisotopic (exact) mass is 178 g/mol. The molecule has 0 spiro atoms. The molecule has 4 nitrogen and oxygen atoms in total. The topological polar surface area (TPSA) is 55.3 Å². The van der Waals surface area contributed by atoms with Gasteiger partial charge in [-0.2, -0.15) is 0 Å². The number of carbonyl (C=O) groups is 1. The fourth-order valence-corrected chi connectivity index (χ4v) is 1.26. The lowest BCUT2D eigenvalue weighted by molar-refractivity contribution is 0.164. The normalized spacial score (nSPS) is 12.2. The predicted octanol–water partition coefficient (Wildman–Crippen LogP) is 1.88. The molecule has 13 heavy (non-hydrogen) atoms. The van der Waals surface area contributed by atoms with Crippen molar-refractivity contribution >= 4 is 23.2 Å². The zero-order valence-electron chi connectivity index (χ0n) is 7.28. The summed E-state index contributed by atoms with van der Waals surface area (Å²) in [6, 6.07) is 5.33. The van der Waals surface area contributed by atoms with Gasteiger partial charge in [-0.05, 0) is 25.1 Å². The Morgan fingerprint density at radius 2 is 2.31 bits per heavy atom. The second kappa shape index (κ2) is 2.65. The van der Waals surface area contributed by atoms with Gasteiger partial charge in [0.15, 0.2) is 0 Å². The lowest BCUT2D eigenvalue weighted by Gasteiger charge is -2.00. The van der Waals surface area contributed by atoms with Gasteiger partial charge in [0.25, 0.3) is 0 Å². The predicted molar refractivity (Wildman–Crippen MR) is 50.0 cm³/mol. The summed E-state index contributed by atoms with van der Waals surface area (Å²) >= 11 is 0. The minimum atomic E-state index is -0.330. The van der Waals surface area contributed by atoms with Crippen LogP contribution in [-0.4, -0.2) is 12.7 Å². The Bertz CT molecular complexity index is 363. The molecule has 2 N–H and O–H groups in total. The first-order chi connectivity index (χ1) is 6.24. The molecule has 1 amide bonds. The lowest BCUT2D eigenvalue weighted by Crippen LogP contribution is -2.14. The molecular weight excluding hydrogens is 168 g/mol. The van der Waals surface area contributed by atoms with Gasteiger partial charge < -0.3 is 10.5 Å². The van der Waals surface area contributed by atoms with E-state index in [4.69, 9.17) is 10.5 Å². The summed E-state index contributed by atoms with van der Waals surface area (Å²) in [5.74, 6) is 0. The van der Waals surface area contributed by atoms with Crippen molar-refractivity contribution in [1.29, 1.82) is 0 Å². The van der Waals surface area contributed by atoms with Crippen LogP contribution in [0.25, 0.3) is 0 Å². The molecule has 4 heteroatoms. The highest BCUT2D eigenvalue weighted by molar-refractivity contribution is 6.13. The maximum absolute atomic E-state index is 11.2. The van der Waals surface area contributed by atoms with Crippen LogP contribution in [0.4, 0.5) is 21.9 Å². The SMILES string of the molecule is CCOC(=O)N1c2ccc(N)cc21. The van der Waals surface area contributed by atoms with Crippen molar-refractivity contribution in [3.8, 4) is 0 Å². The van der Waals surface area contributed by atoms with E-state index in [1.165, 1.54) is 4.90 Å². The Kier molecular flexibility index (Phi) is 1.62. The summed E-state index contributed by atoms with van der Waals surface area (Å²) in [6.45, 7) is 2.17. The number of nitrogens with two attached hydrogens (primary N) is 1. The van der Waals surface area contributed by atoms with E-state index in [9.17, 15) is 4.79 Å². The van der Waals surface area contributed by atoms with E-state index >= 15 is 0 Å². The molecule has 0 radical (unpaired) electrons. The maximum atomic E-state index is 11.2. The first kappa shape index (κ1) is 7.91. The van der Waals surface area contributed by atoms with E-state index in [1.807, 2.05) is 6.07 Å². The van der Waals surface area contributed by atoms with E-state index in [0.717, 1.165) is 11.4 Å². The van der Waals surface area contributed by atoms with Crippen LogP contribution in [0.3, 0.4) is 0 Å². The van der Waals surface area contributed by atoms with Crippen LogP contribution in [0.2, 0.25) is 0 Å². The molecule has 1 aromatic carbocycles. The van der Waals surface area contributed by atoms with Crippen LogP contribution in [0.5, 0.6) is 0 Å². The van der Waals surface area contributed by atoms with Crippen LogP contribution in [-0.2, 0) is 4.74 Å². The molecule has 1 heterocycles. The second-order valence-electron chi connectivity index (χ2n) is 2.78. The Morgan fingerprint density at radius 1 is 1.54 bits per heavy atom. The number of rotatable bonds is 1. The fraction of sp³-hybridized carbons (Fsp3) is 0.222. The van der Waals surface area contributed by atoms with E-state index < -0.39 is 0 Å². The van der Waals surface area contributed by atoms with Gasteiger partial charge in [0.1, 0.15) is 0 Å². The Hall–Kier alpha value is -1.71. The molecule has 0 saturated carbocycles. The van der Waals surface area contributed by atoms with Gasteiger partial charge in [-0.3, -0.25) is 0 Å². The third kappa shape index (κ3) is 1.20. The number of ether oxygens (including phenoxy) is 1. The van der Waals surface area contributed by atoms with Crippen molar-refractivity contribution in [2.75, 3.05) is 17.2 Å². The van der Waals surface area contributed by atoms with Gasteiger partial charge in [-0.15, -0.1) is 0 Å². The molecule has 1 aromatic rings. The van der Waals surface area contributed by atoms with Crippen molar-refractivity contribution in [3.63, 3.8) is 0 Å². The molecule has 0 bridgehead atoms. The molecule has 0 unspecified atom stereocenters. The summed E-state index contributed by atoms with van der Waals surface area (Å²) in [5, 5.41) is 0. The molecule has 0 atom stereocenters. The largest absolute Gasteiger partial charge is 0.449 e. The second-order valence-corrected chi connectivity index (χ2v) is 2.78. The maximum Gasteiger partial charge on any atom is 0.419 e. The zero-order valence-corrected chi connectivity index (χ0v) is 7.28. The Morgan fingerprint density at radius 3 is 2.92 bits per heavy atom. The third-order valence-corrected chi connectivity index (χ3v) is 1.88. The number of hydrogen-bond acceptors (Lipinski definition) is 3. The van der Waals surface area contributed by atoms with Gasteiger partial charge in [-0.1, -0.05) is 0 Å². The first-order valence-electron chi connectivity index (χ1n) is 4.10. The molecular formula is C9H10N2O2. The van der Waals surface area contributed by atoms with Crippen LogP contribution < -0.4 is 10.6 Å². The summed E-state index contributed by atoms with van der Waals surface area (Å²) < 4.78 is 4.83. The van der Waals surface area contributed by atoms with Crippen molar-refractivity contribution in [2.45, 2.75) is 6.92 Å². The smallest absolute Gasteiger partial charge is 0.419 e. The number of nitrogens with zero attached hydrogens (tertiary/aromatic N) is 1. The molecule has 2 rings (SSSR count). The molecule has 1 aliphatic rings. The average Bonchev–Trinajstić information content (AvgIpc) is 2.77. The highest BCUT2D eigenvalue weighted by Gasteiger charge is 2.35. The molecule has 68 valence electrons. The van der Waals surface area contributed by atoms with Crippen molar-refractivity contribution in [2.24, 2.45) is 0 Å². The average molecular weight is 178 g/mol. The van der Waals surface area contributed by atoms with Crippen LogP contribution in [0.1, 0.15) is 6.92 Å². The van der Waals surface area contributed by atoms with Crippen molar-refractivity contribution < 1.29 is 9.53 Å². The Balaban J connectivity index is 2.14. The van der Waals surface area contributed by atoms with Gasteiger partial charge in [0, 0.05) is 5.69 Å². The van der Waals surface area contributed by atoms with Gasteiger partial charge >= 0.3 is 6.09 Å². The van der Waals surface area contributed by atoms with Crippen molar-refractivity contribution in [1.82, 2.24) is 0 Å². The minimum absolute atomic E-state index is 0.330. The standard InChI is InChI=1S/C9H10N2O2/c1-2-13-9(12)11-7-4-3-6(10)5-8(7)11/h3-5H,2,10H2,1H3. The number of benzene rings is 1. The quantitative estimate of drug-likeness (QED) is 0.527. The first-order valence-corrected chi connectivity index (χ1v) is 4.10. The van der Waals surface area contributed by atoms with Crippen molar-refractivity contribution in [3.05, 3.63) is 18.2 Å². The summed E-state index contributed by atoms with van der Waals surface area (Å²) in [6.07, 6.45) is -0.330. The van der Waals surface area contributed by atoms with E-state index in [2.05, 4.69) is 0 Å². The number of nitrogen functional groups attached to an aromatic ring is 1. The van der Waals surface area contributed by atoms with E-state index in [-0.39, 0.29) is 6.09 Å². The van der Waals surface area contributed by atoms with Crippen LogP contribution in [0, 0.1) is 0 Å². The van der Waals surface area contributed by atoms with E-state index in [1.54, 1.807) is 19.1 Å². The summed E-state index contributed by atoms with van der Waals surface area (Å²) in [7, 11) is 0. The number of amides is 1. The van der Waals surface area contributed by atoms with Crippen LogP contribution in [0.15, 0.2) is 18.2 Å². The van der Waals surface area contributed by atoms with Crippen LogP contribution >= 0.6 is 0 Å². The molecule has 0 saturated heterocycles. The highest BCUT2D eigenvalue weighted by atomic mass is 16.6. The highest BCUT2D eigenvalue weighted by Crippen LogP contribution is 2.48. The number of anilines is 3. The lowest BCUT2D eigenvalue weighted by atomic mass is 10.3. The zero-order chi connectivity index (χ0) is 9.42. The molecule has 0 aliphatic carbocycles.